The van der Waals surface area contributed by atoms with Crippen molar-refractivity contribution in [1.82, 2.24) is 0 Å². The Morgan fingerprint density at radius 2 is 1.38 bits per heavy atom. The number of rotatable bonds is 10. The van der Waals surface area contributed by atoms with Crippen LogP contribution in [0.5, 0.6) is 0 Å². The molecule has 0 aromatic rings. The number of unbranched alkanes of at least 4 members (excludes halogenated alkanes) is 7. The fourth-order valence-corrected chi connectivity index (χ4v) is 2.11. The molecule has 1 unspecified atom stereocenters. The van der Waals surface area contributed by atoms with Gasteiger partial charge in [0, 0.05) is 5.92 Å². The third kappa shape index (κ3) is 10.1. The van der Waals surface area contributed by atoms with Crippen molar-refractivity contribution < 1.29 is 0 Å². The van der Waals surface area contributed by atoms with Crippen LogP contribution in [0.25, 0.3) is 0 Å². The van der Waals surface area contributed by atoms with Crippen LogP contribution < -0.4 is 0 Å². The molecular weight excluding hydrogens is 192 g/mol. The van der Waals surface area contributed by atoms with Gasteiger partial charge < -0.3 is 0 Å². The number of hydrogen-bond acceptors (Lipinski definition) is 0. The van der Waals surface area contributed by atoms with Crippen LogP contribution in [0.2, 0.25) is 0 Å². The summed E-state index contributed by atoms with van der Waals surface area (Å²) in [6, 6.07) is 0. The minimum atomic E-state index is 0.657. The molecular formula is C16H30. The average molecular weight is 222 g/mol. The highest BCUT2D eigenvalue weighted by Gasteiger charge is 2.01. The SMILES string of the molecule is CC#CC(CC)CCCCCCCCCC. The van der Waals surface area contributed by atoms with Gasteiger partial charge in [-0.05, 0) is 19.8 Å². The van der Waals surface area contributed by atoms with Gasteiger partial charge in [0.2, 0.25) is 0 Å². The molecule has 0 aliphatic heterocycles. The van der Waals surface area contributed by atoms with Gasteiger partial charge in [0.05, 0.1) is 0 Å². The van der Waals surface area contributed by atoms with Crippen LogP contribution in [0.4, 0.5) is 0 Å². The maximum Gasteiger partial charge on any atom is 0.0200 e. The fourth-order valence-electron chi connectivity index (χ4n) is 2.11. The lowest BCUT2D eigenvalue weighted by Gasteiger charge is -2.07. The average Bonchev–Trinajstić information content (AvgIpc) is 2.31. The molecule has 0 saturated carbocycles. The largest absolute Gasteiger partial charge is 0.106 e. The molecule has 0 nitrogen and oxygen atoms in total. The lowest BCUT2D eigenvalue weighted by molar-refractivity contribution is 0.513. The molecule has 0 aliphatic carbocycles. The Labute approximate surface area is 103 Å². The number of hydrogen-bond donors (Lipinski definition) is 0. The van der Waals surface area contributed by atoms with Crippen molar-refractivity contribution in [3.05, 3.63) is 0 Å². The van der Waals surface area contributed by atoms with E-state index in [1.165, 1.54) is 64.2 Å². The van der Waals surface area contributed by atoms with E-state index < -0.39 is 0 Å². The van der Waals surface area contributed by atoms with Gasteiger partial charge in [0.15, 0.2) is 0 Å². The van der Waals surface area contributed by atoms with Gasteiger partial charge in [-0.15, -0.1) is 11.8 Å². The lowest BCUT2D eigenvalue weighted by atomic mass is 9.98. The van der Waals surface area contributed by atoms with Gasteiger partial charge in [-0.25, -0.2) is 0 Å². The summed E-state index contributed by atoms with van der Waals surface area (Å²) in [5, 5.41) is 0. The summed E-state index contributed by atoms with van der Waals surface area (Å²) < 4.78 is 0. The second-order valence-electron chi connectivity index (χ2n) is 4.76. The second kappa shape index (κ2) is 12.6. The molecule has 0 bridgehead atoms. The van der Waals surface area contributed by atoms with Gasteiger partial charge in [-0.2, -0.15) is 0 Å². The molecule has 94 valence electrons. The molecule has 0 spiro atoms. The summed E-state index contributed by atoms with van der Waals surface area (Å²) in [6.45, 7) is 6.48. The Morgan fingerprint density at radius 1 is 0.812 bits per heavy atom. The van der Waals surface area contributed by atoms with E-state index in [0.717, 1.165) is 0 Å². The monoisotopic (exact) mass is 222 g/mol. The van der Waals surface area contributed by atoms with Crippen molar-refractivity contribution in [3.63, 3.8) is 0 Å². The summed E-state index contributed by atoms with van der Waals surface area (Å²) in [5.41, 5.74) is 0. The zero-order valence-electron chi connectivity index (χ0n) is 11.6. The molecule has 1 atom stereocenters. The Bertz CT molecular complexity index is 182. The standard InChI is InChI=1S/C16H30/c1-4-7-8-9-10-11-12-13-15-16(6-3)14-5-2/h16H,4,6-13,15H2,1-3H3. The van der Waals surface area contributed by atoms with Gasteiger partial charge in [0.25, 0.3) is 0 Å². The predicted molar refractivity (Wildman–Crippen MR) is 74.5 cm³/mol. The van der Waals surface area contributed by atoms with Gasteiger partial charge >= 0.3 is 0 Å². The first kappa shape index (κ1) is 15.6. The van der Waals surface area contributed by atoms with E-state index in [-0.39, 0.29) is 0 Å². The topological polar surface area (TPSA) is 0 Å². The first-order valence-corrected chi connectivity index (χ1v) is 7.27. The highest BCUT2D eigenvalue weighted by Crippen LogP contribution is 2.14. The molecule has 0 fully saturated rings. The van der Waals surface area contributed by atoms with E-state index in [2.05, 4.69) is 25.7 Å². The summed E-state index contributed by atoms with van der Waals surface area (Å²) in [4.78, 5) is 0. The van der Waals surface area contributed by atoms with Crippen LogP contribution in [0.3, 0.4) is 0 Å². The zero-order chi connectivity index (χ0) is 12.1. The molecule has 0 aromatic heterocycles. The minimum Gasteiger partial charge on any atom is -0.106 e. The van der Waals surface area contributed by atoms with E-state index in [1.54, 1.807) is 0 Å². The molecule has 0 amide bonds. The van der Waals surface area contributed by atoms with Crippen molar-refractivity contribution in [1.29, 1.82) is 0 Å². The molecule has 0 aliphatic rings. The van der Waals surface area contributed by atoms with Crippen molar-refractivity contribution in [2.24, 2.45) is 5.92 Å². The van der Waals surface area contributed by atoms with Crippen LogP contribution in [-0.2, 0) is 0 Å². The third-order valence-electron chi connectivity index (χ3n) is 3.25. The smallest absolute Gasteiger partial charge is 0.0200 e. The van der Waals surface area contributed by atoms with E-state index in [0.29, 0.717) is 5.92 Å². The quantitative estimate of drug-likeness (QED) is 0.335. The summed E-state index contributed by atoms with van der Waals surface area (Å²) in [7, 11) is 0. The molecule has 0 N–H and O–H groups in total. The van der Waals surface area contributed by atoms with E-state index in [4.69, 9.17) is 0 Å². The van der Waals surface area contributed by atoms with Crippen LogP contribution in [0, 0.1) is 17.8 Å². The van der Waals surface area contributed by atoms with Crippen molar-refractivity contribution in [3.8, 4) is 11.8 Å². The molecule has 0 saturated heterocycles. The minimum absolute atomic E-state index is 0.657. The molecule has 0 rings (SSSR count). The zero-order valence-corrected chi connectivity index (χ0v) is 11.6. The molecule has 0 heterocycles. The lowest BCUT2D eigenvalue weighted by Crippen LogP contribution is -1.94. The summed E-state index contributed by atoms with van der Waals surface area (Å²) in [5.74, 6) is 7.00. The molecule has 0 heteroatoms. The van der Waals surface area contributed by atoms with Crippen LogP contribution in [-0.4, -0.2) is 0 Å². The van der Waals surface area contributed by atoms with Gasteiger partial charge in [-0.3, -0.25) is 0 Å². The van der Waals surface area contributed by atoms with Crippen molar-refractivity contribution >= 4 is 0 Å². The van der Waals surface area contributed by atoms with Crippen LogP contribution >= 0.6 is 0 Å². The molecule has 16 heavy (non-hydrogen) atoms. The second-order valence-corrected chi connectivity index (χ2v) is 4.76. The Hall–Kier alpha value is -0.440. The fraction of sp³-hybridized carbons (Fsp3) is 0.875. The summed E-state index contributed by atoms with van der Waals surface area (Å²) >= 11 is 0. The van der Waals surface area contributed by atoms with E-state index in [9.17, 15) is 0 Å². The maximum absolute atomic E-state index is 3.30. The molecule has 0 radical (unpaired) electrons. The highest BCUT2D eigenvalue weighted by atomic mass is 14.1. The first-order valence-electron chi connectivity index (χ1n) is 7.27. The first-order chi connectivity index (χ1) is 7.85. The highest BCUT2D eigenvalue weighted by molar-refractivity contribution is 5.00. The third-order valence-corrected chi connectivity index (χ3v) is 3.25. The Morgan fingerprint density at radius 3 is 1.88 bits per heavy atom. The van der Waals surface area contributed by atoms with Crippen molar-refractivity contribution in [2.75, 3.05) is 0 Å². The molecule has 0 aromatic carbocycles. The van der Waals surface area contributed by atoms with Crippen molar-refractivity contribution in [2.45, 2.75) is 85.0 Å². The predicted octanol–water partition coefficient (Wildman–Crippen LogP) is 5.57. The van der Waals surface area contributed by atoms with Crippen LogP contribution in [0.15, 0.2) is 0 Å². The Balaban J connectivity index is 3.21. The van der Waals surface area contributed by atoms with Gasteiger partial charge in [0.1, 0.15) is 0 Å². The summed E-state index contributed by atoms with van der Waals surface area (Å²) in [6.07, 6.45) is 13.8. The van der Waals surface area contributed by atoms with Crippen LogP contribution in [0.1, 0.15) is 85.0 Å². The normalized spacial score (nSPS) is 11.9. The van der Waals surface area contributed by atoms with E-state index >= 15 is 0 Å². The Kier molecular flexibility index (Phi) is 12.3. The van der Waals surface area contributed by atoms with Gasteiger partial charge in [-0.1, -0.05) is 65.2 Å². The van der Waals surface area contributed by atoms with E-state index in [1.807, 2.05) is 6.92 Å². The maximum atomic E-state index is 3.30.